The van der Waals surface area contributed by atoms with Gasteiger partial charge in [0.1, 0.15) is 5.54 Å². The van der Waals surface area contributed by atoms with Crippen LogP contribution in [-0.2, 0) is 5.54 Å². The average Bonchev–Trinajstić information content (AvgIpc) is 2.02. The Morgan fingerprint density at radius 1 is 1.21 bits per heavy atom. The van der Waals surface area contributed by atoms with Gasteiger partial charge in [-0.1, -0.05) is 29.8 Å². The van der Waals surface area contributed by atoms with Gasteiger partial charge in [-0.3, -0.25) is 0 Å². The van der Waals surface area contributed by atoms with E-state index in [0.29, 0.717) is 0 Å². The van der Waals surface area contributed by atoms with Gasteiger partial charge in [0.25, 0.3) is 0 Å². The van der Waals surface area contributed by atoms with Gasteiger partial charge in [0.05, 0.1) is 0 Å². The van der Waals surface area contributed by atoms with Crippen molar-refractivity contribution < 1.29 is 13.2 Å². The van der Waals surface area contributed by atoms with Crippen LogP contribution in [0.2, 0.25) is 5.02 Å². The van der Waals surface area contributed by atoms with E-state index in [4.69, 9.17) is 17.3 Å². The zero-order chi connectivity index (χ0) is 11.0. The molecule has 0 aliphatic rings. The molecule has 0 amide bonds. The zero-order valence-electron chi connectivity index (χ0n) is 7.40. The van der Waals surface area contributed by atoms with Crippen molar-refractivity contribution in [3.8, 4) is 0 Å². The molecule has 0 bridgehead atoms. The number of rotatable bonds is 1. The van der Waals surface area contributed by atoms with Gasteiger partial charge in [-0.25, -0.2) is 0 Å². The van der Waals surface area contributed by atoms with Crippen LogP contribution in [0, 0.1) is 0 Å². The Kier molecular flexibility index (Phi) is 2.78. The van der Waals surface area contributed by atoms with Crippen molar-refractivity contribution in [2.45, 2.75) is 18.6 Å². The van der Waals surface area contributed by atoms with E-state index in [1.807, 2.05) is 0 Å². The fourth-order valence-electron chi connectivity index (χ4n) is 1.04. The summed E-state index contributed by atoms with van der Waals surface area (Å²) in [5.41, 5.74) is 2.68. The van der Waals surface area contributed by atoms with Gasteiger partial charge in [0.15, 0.2) is 0 Å². The summed E-state index contributed by atoms with van der Waals surface area (Å²) in [6.07, 6.45) is -4.52. The van der Waals surface area contributed by atoms with Crippen molar-refractivity contribution >= 4 is 11.6 Å². The van der Waals surface area contributed by atoms with Crippen molar-refractivity contribution in [1.82, 2.24) is 0 Å². The lowest BCUT2D eigenvalue weighted by Gasteiger charge is -2.28. The van der Waals surface area contributed by atoms with Crippen LogP contribution in [0.3, 0.4) is 0 Å². The van der Waals surface area contributed by atoms with Gasteiger partial charge >= 0.3 is 6.18 Å². The first-order valence-electron chi connectivity index (χ1n) is 3.87. The summed E-state index contributed by atoms with van der Waals surface area (Å²) in [4.78, 5) is 0. The molecule has 0 aliphatic heterocycles. The van der Waals surface area contributed by atoms with E-state index in [9.17, 15) is 13.2 Å². The molecular formula is C9H9ClF3N. The van der Waals surface area contributed by atoms with Crippen molar-refractivity contribution in [2.24, 2.45) is 5.73 Å². The number of alkyl halides is 3. The van der Waals surface area contributed by atoms with E-state index in [1.54, 1.807) is 6.07 Å². The third kappa shape index (κ3) is 1.86. The van der Waals surface area contributed by atoms with Gasteiger partial charge in [0.2, 0.25) is 0 Å². The molecule has 0 aromatic heterocycles. The highest BCUT2D eigenvalue weighted by molar-refractivity contribution is 6.31. The number of hydrogen-bond donors (Lipinski definition) is 1. The molecule has 0 saturated carbocycles. The molecule has 14 heavy (non-hydrogen) atoms. The maximum atomic E-state index is 12.5. The van der Waals surface area contributed by atoms with Gasteiger partial charge in [-0.2, -0.15) is 13.2 Å². The maximum Gasteiger partial charge on any atom is 0.410 e. The van der Waals surface area contributed by atoms with E-state index < -0.39 is 11.7 Å². The molecule has 78 valence electrons. The molecule has 0 saturated heterocycles. The molecule has 0 spiro atoms. The van der Waals surface area contributed by atoms with E-state index in [1.165, 1.54) is 18.2 Å². The molecule has 1 aromatic carbocycles. The second-order valence-corrected chi connectivity index (χ2v) is 3.59. The lowest BCUT2D eigenvalue weighted by Crippen LogP contribution is -2.47. The molecule has 0 heterocycles. The SMILES string of the molecule is CC(N)(c1ccccc1Cl)C(F)(F)F. The van der Waals surface area contributed by atoms with Crippen LogP contribution in [-0.4, -0.2) is 6.18 Å². The van der Waals surface area contributed by atoms with Crippen LogP contribution >= 0.6 is 11.6 Å². The normalized spacial score (nSPS) is 16.4. The highest BCUT2D eigenvalue weighted by atomic mass is 35.5. The molecule has 1 nitrogen and oxygen atoms in total. The number of halogens is 4. The van der Waals surface area contributed by atoms with Gasteiger partial charge < -0.3 is 5.73 Å². The van der Waals surface area contributed by atoms with E-state index in [0.717, 1.165) is 6.92 Å². The Labute approximate surface area is 84.7 Å². The fraction of sp³-hybridized carbons (Fsp3) is 0.333. The summed E-state index contributed by atoms with van der Waals surface area (Å²) in [5, 5.41) is 0.0230. The van der Waals surface area contributed by atoms with Crippen LogP contribution in [0.1, 0.15) is 12.5 Å². The summed E-state index contributed by atoms with van der Waals surface area (Å²) in [7, 11) is 0. The average molecular weight is 224 g/mol. The van der Waals surface area contributed by atoms with Crippen molar-refractivity contribution in [1.29, 1.82) is 0 Å². The Morgan fingerprint density at radius 2 is 1.71 bits per heavy atom. The fourth-order valence-corrected chi connectivity index (χ4v) is 1.37. The van der Waals surface area contributed by atoms with E-state index in [2.05, 4.69) is 0 Å². The highest BCUT2D eigenvalue weighted by Crippen LogP contribution is 2.38. The van der Waals surface area contributed by atoms with Crippen molar-refractivity contribution in [3.63, 3.8) is 0 Å². The number of benzene rings is 1. The number of hydrogen-bond acceptors (Lipinski definition) is 1. The van der Waals surface area contributed by atoms with Crippen LogP contribution in [0.25, 0.3) is 0 Å². The third-order valence-electron chi connectivity index (χ3n) is 2.02. The molecule has 1 rings (SSSR count). The molecule has 0 aliphatic carbocycles. The Hall–Kier alpha value is -0.740. The minimum Gasteiger partial charge on any atom is -0.314 e. The molecule has 1 atom stereocenters. The number of nitrogens with two attached hydrogens (primary N) is 1. The molecule has 0 radical (unpaired) electrons. The minimum absolute atomic E-state index is 0.0230. The second kappa shape index (κ2) is 3.44. The quantitative estimate of drug-likeness (QED) is 0.778. The van der Waals surface area contributed by atoms with E-state index in [-0.39, 0.29) is 10.6 Å². The molecule has 1 unspecified atom stereocenters. The summed E-state index contributed by atoms with van der Waals surface area (Å²) >= 11 is 5.63. The van der Waals surface area contributed by atoms with Crippen LogP contribution in [0.15, 0.2) is 24.3 Å². The summed E-state index contributed by atoms with van der Waals surface area (Å²) in [6.45, 7) is 0.897. The van der Waals surface area contributed by atoms with Crippen LogP contribution in [0.4, 0.5) is 13.2 Å². The smallest absolute Gasteiger partial charge is 0.314 e. The standard InChI is InChI=1S/C9H9ClF3N/c1-8(14,9(11,12)13)6-4-2-3-5-7(6)10/h2-5H,14H2,1H3. The van der Waals surface area contributed by atoms with Crippen molar-refractivity contribution in [3.05, 3.63) is 34.9 Å². The Morgan fingerprint density at radius 3 is 2.14 bits per heavy atom. The molecule has 5 heteroatoms. The third-order valence-corrected chi connectivity index (χ3v) is 2.35. The molecule has 0 fully saturated rings. The van der Waals surface area contributed by atoms with E-state index >= 15 is 0 Å². The largest absolute Gasteiger partial charge is 0.410 e. The predicted octanol–water partition coefficient (Wildman–Crippen LogP) is 3.08. The monoisotopic (exact) mass is 223 g/mol. The lowest BCUT2D eigenvalue weighted by molar-refractivity contribution is -0.184. The summed E-state index contributed by atoms with van der Waals surface area (Å²) < 4.78 is 37.5. The topological polar surface area (TPSA) is 26.0 Å². The van der Waals surface area contributed by atoms with Gasteiger partial charge in [0, 0.05) is 5.02 Å². The van der Waals surface area contributed by atoms with Gasteiger partial charge in [-0.05, 0) is 18.6 Å². The second-order valence-electron chi connectivity index (χ2n) is 3.18. The first-order valence-corrected chi connectivity index (χ1v) is 4.25. The summed E-state index contributed by atoms with van der Waals surface area (Å²) in [6, 6.07) is 5.68. The Balaban J connectivity index is 3.23. The molecular weight excluding hydrogens is 215 g/mol. The first-order chi connectivity index (χ1) is 6.27. The predicted molar refractivity (Wildman–Crippen MR) is 49.0 cm³/mol. The Bertz CT molecular complexity index is 333. The molecule has 1 aromatic rings. The highest BCUT2D eigenvalue weighted by Gasteiger charge is 2.50. The molecule has 2 N–H and O–H groups in total. The minimum atomic E-state index is -4.52. The zero-order valence-corrected chi connectivity index (χ0v) is 8.15. The lowest BCUT2D eigenvalue weighted by atomic mass is 9.92. The first kappa shape index (κ1) is 11.3. The van der Waals surface area contributed by atoms with Gasteiger partial charge in [-0.15, -0.1) is 0 Å². The van der Waals surface area contributed by atoms with Crippen LogP contribution < -0.4 is 5.73 Å². The summed E-state index contributed by atoms with van der Waals surface area (Å²) in [5.74, 6) is 0. The van der Waals surface area contributed by atoms with Crippen LogP contribution in [0.5, 0.6) is 0 Å². The van der Waals surface area contributed by atoms with Crippen molar-refractivity contribution in [2.75, 3.05) is 0 Å². The maximum absolute atomic E-state index is 12.5.